The quantitative estimate of drug-likeness (QED) is 0.776. The highest BCUT2D eigenvalue weighted by molar-refractivity contribution is 5.98. The molecule has 3 aliphatic rings. The van der Waals surface area contributed by atoms with E-state index in [9.17, 15) is 9.59 Å². The molecule has 154 valence electrons. The van der Waals surface area contributed by atoms with Crippen LogP contribution in [0.25, 0.3) is 0 Å². The molecule has 2 N–H and O–H groups in total. The molecule has 0 radical (unpaired) electrons. The van der Waals surface area contributed by atoms with Gasteiger partial charge in [0.2, 0.25) is 0 Å². The van der Waals surface area contributed by atoms with Crippen LogP contribution in [0.3, 0.4) is 0 Å². The first-order valence-corrected chi connectivity index (χ1v) is 10.5. The Bertz CT molecular complexity index is 710. The summed E-state index contributed by atoms with van der Waals surface area (Å²) in [7, 11) is 0. The largest absolute Gasteiger partial charge is 0.481 e. The highest BCUT2D eigenvalue weighted by Crippen LogP contribution is 2.36. The molecule has 1 aliphatic carbocycles. The van der Waals surface area contributed by atoms with Crippen LogP contribution in [0.2, 0.25) is 0 Å². The van der Waals surface area contributed by atoms with E-state index in [0.717, 1.165) is 70.1 Å². The Morgan fingerprint density at radius 3 is 2.50 bits per heavy atom. The highest BCUT2D eigenvalue weighted by Gasteiger charge is 2.35. The van der Waals surface area contributed by atoms with Gasteiger partial charge in [0, 0.05) is 24.6 Å². The van der Waals surface area contributed by atoms with Gasteiger partial charge in [-0.25, -0.2) is 0 Å². The van der Waals surface area contributed by atoms with E-state index in [1.807, 2.05) is 0 Å². The van der Waals surface area contributed by atoms with Crippen LogP contribution in [0.4, 0.5) is 0 Å². The minimum absolute atomic E-state index is 0. The lowest BCUT2D eigenvalue weighted by atomic mass is 9.83. The van der Waals surface area contributed by atoms with E-state index in [0.29, 0.717) is 17.9 Å². The van der Waals surface area contributed by atoms with Crippen molar-refractivity contribution in [1.82, 2.24) is 10.2 Å². The summed E-state index contributed by atoms with van der Waals surface area (Å²) in [5.74, 6) is 0.577. The van der Waals surface area contributed by atoms with Crippen LogP contribution in [-0.2, 0) is 11.3 Å². The average molecular weight is 407 g/mol. The Hall–Kier alpha value is -1.59. The molecule has 2 fully saturated rings. The molecule has 0 unspecified atom stereocenters. The molecule has 0 bridgehead atoms. The molecule has 1 aromatic rings. The van der Waals surface area contributed by atoms with Crippen molar-refractivity contribution in [2.45, 2.75) is 69.9 Å². The molecular formula is C22H31ClN2O3. The minimum atomic E-state index is -0.702. The zero-order valence-corrected chi connectivity index (χ0v) is 17.2. The maximum atomic E-state index is 13.1. The van der Waals surface area contributed by atoms with Gasteiger partial charge in [0.05, 0.1) is 0 Å². The first-order chi connectivity index (χ1) is 13.1. The number of nitrogens with one attached hydrogen (secondary N) is 1. The number of hydrogen-bond acceptors (Lipinski definition) is 3. The summed E-state index contributed by atoms with van der Waals surface area (Å²) in [5.41, 5.74) is 3.41. The van der Waals surface area contributed by atoms with Gasteiger partial charge in [-0.2, -0.15) is 0 Å². The van der Waals surface area contributed by atoms with Crippen LogP contribution >= 0.6 is 12.4 Å². The van der Waals surface area contributed by atoms with Gasteiger partial charge in [-0.1, -0.05) is 12.1 Å². The number of rotatable bonds is 5. The molecule has 4 rings (SSSR count). The van der Waals surface area contributed by atoms with E-state index in [1.165, 1.54) is 11.1 Å². The number of carboxylic acids is 1. The zero-order chi connectivity index (χ0) is 18.8. The average Bonchev–Trinajstić information content (AvgIpc) is 3.03. The van der Waals surface area contributed by atoms with Crippen molar-refractivity contribution >= 4 is 24.3 Å². The van der Waals surface area contributed by atoms with E-state index < -0.39 is 5.97 Å². The lowest BCUT2D eigenvalue weighted by Gasteiger charge is -2.34. The lowest BCUT2D eigenvalue weighted by Crippen LogP contribution is -2.38. The van der Waals surface area contributed by atoms with Gasteiger partial charge in [-0.15, -0.1) is 12.4 Å². The van der Waals surface area contributed by atoms with E-state index in [4.69, 9.17) is 5.11 Å². The lowest BCUT2D eigenvalue weighted by molar-refractivity contribution is -0.137. The summed E-state index contributed by atoms with van der Waals surface area (Å²) in [4.78, 5) is 25.9. The van der Waals surface area contributed by atoms with Crippen molar-refractivity contribution in [2.24, 2.45) is 5.92 Å². The number of amides is 1. The Kier molecular flexibility index (Phi) is 7.00. The number of fused-ring (bicyclic) bond motifs is 1. The number of carbonyl (C=O) groups excluding carboxylic acids is 1. The van der Waals surface area contributed by atoms with Crippen molar-refractivity contribution < 1.29 is 14.7 Å². The van der Waals surface area contributed by atoms with Gasteiger partial charge in [-0.05, 0) is 87.1 Å². The summed E-state index contributed by atoms with van der Waals surface area (Å²) in [6.45, 7) is 2.87. The third-order valence-electron chi connectivity index (χ3n) is 6.80. The summed E-state index contributed by atoms with van der Waals surface area (Å²) in [5, 5.41) is 12.3. The molecule has 1 amide bonds. The summed E-state index contributed by atoms with van der Waals surface area (Å²) < 4.78 is 0. The number of halogens is 1. The molecule has 2 heterocycles. The van der Waals surface area contributed by atoms with Gasteiger partial charge in [-0.3, -0.25) is 9.59 Å². The Balaban J connectivity index is 0.00000225. The predicted octanol–water partition coefficient (Wildman–Crippen LogP) is 3.95. The molecule has 1 saturated carbocycles. The maximum Gasteiger partial charge on any atom is 0.303 e. The molecule has 0 aromatic heterocycles. The smallest absolute Gasteiger partial charge is 0.303 e. The summed E-state index contributed by atoms with van der Waals surface area (Å²) in [6, 6.07) is 6.87. The number of aliphatic carboxylic acids is 1. The molecule has 2 aliphatic heterocycles. The fourth-order valence-electron chi connectivity index (χ4n) is 5.12. The monoisotopic (exact) mass is 406 g/mol. The molecule has 5 nitrogen and oxygen atoms in total. The third kappa shape index (κ3) is 4.52. The van der Waals surface area contributed by atoms with E-state index in [-0.39, 0.29) is 24.7 Å². The molecule has 1 aromatic carbocycles. The molecular weight excluding hydrogens is 376 g/mol. The summed E-state index contributed by atoms with van der Waals surface area (Å²) >= 11 is 0. The summed E-state index contributed by atoms with van der Waals surface area (Å²) in [6.07, 6.45) is 7.43. The Morgan fingerprint density at radius 2 is 1.82 bits per heavy atom. The van der Waals surface area contributed by atoms with Crippen LogP contribution < -0.4 is 5.32 Å². The number of hydrogen-bond donors (Lipinski definition) is 2. The number of nitrogens with zero attached hydrogens (tertiary/aromatic N) is 1. The fourth-order valence-corrected chi connectivity index (χ4v) is 5.12. The molecule has 28 heavy (non-hydrogen) atoms. The topological polar surface area (TPSA) is 69.6 Å². The third-order valence-corrected chi connectivity index (χ3v) is 6.80. The molecule has 6 heteroatoms. The van der Waals surface area contributed by atoms with Gasteiger partial charge in [0.25, 0.3) is 5.91 Å². The van der Waals surface area contributed by atoms with Crippen LogP contribution in [-0.4, -0.2) is 41.0 Å². The number of carbonyl (C=O) groups is 2. The van der Waals surface area contributed by atoms with Crippen LogP contribution in [0.1, 0.15) is 78.8 Å². The molecule has 0 spiro atoms. The minimum Gasteiger partial charge on any atom is -0.481 e. The van der Waals surface area contributed by atoms with Crippen molar-refractivity contribution in [1.29, 1.82) is 0 Å². The second-order valence-electron chi connectivity index (χ2n) is 8.48. The van der Waals surface area contributed by atoms with Crippen molar-refractivity contribution in [3.05, 3.63) is 34.9 Å². The Morgan fingerprint density at radius 1 is 1.11 bits per heavy atom. The van der Waals surface area contributed by atoms with Crippen molar-refractivity contribution in [2.75, 3.05) is 13.1 Å². The van der Waals surface area contributed by atoms with Crippen LogP contribution in [0.15, 0.2) is 18.2 Å². The normalized spacial score (nSPS) is 25.3. The van der Waals surface area contributed by atoms with Crippen molar-refractivity contribution in [3.63, 3.8) is 0 Å². The second kappa shape index (κ2) is 9.27. The van der Waals surface area contributed by atoms with Crippen LogP contribution in [0, 0.1) is 5.92 Å². The van der Waals surface area contributed by atoms with E-state index in [1.54, 1.807) is 0 Å². The number of benzene rings is 1. The van der Waals surface area contributed by atoms with Gasteiger partial charge < -0.3 is 15.3 Å². The first kappa shape index (κ1) is 21.1. The highest BCUT2D eigenvalue weighted by atomic mass is 35.5. The van der Waals surface area contributed by atoms with Crippen molar-refractivity contribution in [3.8, 4) is 0 Å². The second-order valence-corrected chi connectivity index (χ2v) is 8.48. The molecule has 0 atom stereocenters. The van der Waals surface area contributed by atoms with E-state index in [2.05, 4.69) is 28.4 Å². The van der Waals surface area contributed by atoms with Gasteiger partial charge in [0.1, 0.15) is 0 Å². The standard InChI is InChI=1S/C22H30N2O3.ClH/c25-21(26)8-3-15-1-6-19(7-2-15)24-14-18-5-4-17(13-20(18)22(24)27)16-9-11-23-12-10-16;/h4-5,13,15-16,19,23H,1-3,6-12,14H2,(H,25,26);1H/t15-,19-;. The van der Waals surface area contributed by atoms with Crippen LogP contribution in [0.5, 0.6) is 0 Å². The first-order valence-electron chi connectivity index (χ1n) is 10.5. The maximum absolute atomic E-state index is 13.1. The fraction of sp³-hybridized carbons (Fsp3) is 0.636. The van der Waals surface area contributed by atoms with Gasteiger partial charge in [0.15, 0.2) is 0 Å². The zero-order valence-electron chi connectivity index (χ0n) is 16.4. The SMILES string of the molecule is Cl.O=C(O)CC[C@H]1CC[C@H](N2Cc3ccc(C4CCNCC4)cc3C2=O)CC1. The van der Waals surface area contributed by atoms with Gasteiger partial charge >= 0.3 is 5.97 Å². The predicted molar refractivity (Wildman–Crippen MR) is 111 cm³/mol. The number of carboxylic acid groups (broad SMARTS) is 1. The molecule has 1 saturated heterocycles. The van der Waals surface area contributed by atoms with E-state index >= 15 is 0 Å². The number of piperidine rings is 1. The Labute approximate surface area is 173 Å².